The van der Waals surface area contributed by atoms with Crippen LogP contribution in [-0.2, 0) is 13.1 Å². The van der Waals surface area contributed by atoms with Crippen LogP contribution in [0.15, 0.2) is 42.7 Å². The van der Waals surface area contributed by atoms with Crippen LogP contribution in [0.4, 0.5) is 5.95 Å². The predicted molar refractivity (Wildman–Crippen MR) is 90.7 cm³/mol. The minimum Gasteiger partial charge on any atom is -0.394 e. The van der Waals surface area contributed by atoms with Gasteiger partial charge in [0.25, 0.3) is 0 Å². The highest BCUT2D eigenvalue weighted by atomic mass is 16.3. The predicted octanol–water partition coefficient (Wildman–Crippen LogP) is 0.315. The maximum absolute atomic E-state index is 9.85. The van der Waals surface area contributed by atoms with Crippen molar-refractivity contribution >= 4 is 17.0 Å². The molecule has 0 amide bonds. The number of benzene rings is 1. The molecule has 0 aliphatic heterocycles. The molecule has 0 aliphatic carbocycles. The van der Waals surface area contributed by atoms with Gasteiger partial charge in [-0.2, -0.15) is 0 Å². The maximum atomic E-state index is 9.85. The van der Waals surface area contributed by atoms with Crippen LogP contribution in [0.25, 0.3) is 11.0 Å². The van der Waals surface area contributed by atoms with Crippen molar-refractivity contribution < 1.29 is 15.2 Å². The van der Waals surface area contributed by atoms with E-state index in [-0.39, 0.29) is 6.61 Å². The minimum atomic E-state index is -0.787. The van der Waals surface area contributed by atoms with Gasteiger partial charge in [0.15, 0.2) is 5.52 Å². The number of nitrogen functional groups attached to an aromatic ring is 1. The molecule has 0 saturated carbocycles. The van der Waals surface area contributed by atoms with Crippen LogP contribution in [0.1, 0.15) is 11.1 Å². The summed E-state index contributed by atoms with van der Waals surface area (Å²) in [5, 5.41) is 19.0. The lowest BCUT2D eigenvalue weighted by atomic mass is 10.2. The molecule has 3 rings (SSSR count). The van der Waals surface area contributed by atoms with Gasteiger partial charge in [-0.1, -0.05) is 35.3 Å². The molecule has 0 saturated heterocycles. The fourth-order valence-electron chi connectivity index (χ4n) is 2.76. The Hall–Kier alpha value is -2.48. The van der Waals surface area contributed by atoms with Gasteiger partial charge in [-0.05, 0) is 5.56 Å². The Balaban J connectivity index is 1.83. The standard InChI is InChI=1S/C17H21N5O2/c18-17-20-7-15-16(21-17)13(6-19-15)9-22(10-14(24)11-23)8-12-4-2-1-3-5-12/h1-7,14,19,23-24H,8-11H2,(H2,18,20,21)/p+1/t14-/m1/s1. The van der Waals surface area contributed by atoms with Gasteiger partial charge in [-0.15, -0.1) is 0 Å². The summed E-state index contributed by atoms with van der Waals surface area (Å²) in [6, 6.07) is 10.0. The minimum absolute atomic E-state index is 0.265. The Labute approximate surface area is 139 Å². The summed E-state index contributed by atoms with van der Waals surface area (Å²) in [6.45, 7) is 1.35. The molecule has 126 valence electrons. The number of fused-ring (bicyclic) bond motifs is 1. The van der Waals surface area contributed by atoms with Crippen molar-refractivity contribution in [3.63, 3.8) is 0 Å². The summed E-state index contributed by atoms with van der Waals surface area (Å²) in [5.41, 5.74) is 9.56. The maximum Gasteiger partial charge on any atom is 0.387 e. The number of hydrogen-bond acceptors (Lipinski definition) is 5. The summed E-state index contributed by atoms with van der Waals surface area (Å²) >= 11 is 0. The number of nitrogens with two attached hydrogens (primary N) is 1. The number of nitrogens with zero attached hydrogens (tertiary/aromatic N) is 2. The van der Waals surface area contributed by atoms with Crippen LogP contribution in [0.3, 0.4) is 0 Å². The summed E-state index contributed by atoms with van der Waals surface area (Å²) in [7, 11) is 0. The molecule has 0 fully saturated rings. The third kappa shape index (κ3) is 3.88. The molecule has 0 spiro atoms. The lowest BCUT2D eigenvalue weighted by Gasteiger charge is -2.24. The highest BCUT2D eigenvalue weighted by molar-refractivity contribution is 5.77. The SMILES string of the molecule is Nc1nc2c(CN(Cc3ccccc3)C[C@@H](O)CO)c[nH]c2c[nH+]1. The molecule has 1 aromatic carbocycles. The number of rotatable bonds is 7. The van der Waals surface area contributed by atoms with Gasteiger partial charge in [0.1, 0.15) is 5.52 Å². The molecule has 7 heteroatoms. The number of anilines is 1. The summed E-state index contributed by atoms with van der Waals surface area (Å²) in [5.74, 6) is 0.355. The molecule has 0 unspecified atom stereocenters. The van der Waals surface area contributed by atoms with E-state index in [2.05, 4.69) is 19.9 Å². The molecule has 2 aromatic heterocycles. The lowest BCUT2D eigenvalue weighted by Crippen LogP contribution is -2.33. The van der Waals surface area contributed by atoms with Crippen molar-refractivity contribution in [2.24, 2.45) is 0 Å². The van der Waals surface area contributed by atoms with Crippen LogP contribution in [0, 0.1) is 0 Å². The third-order valence-corrected chi connectivity index (χ3v) is 3.88. The quantitative estimate of drug-likeness (QED) is 0.499. The Morgan fingerprint density at radius 3 is 2.79 bits per heavy atom. The lowest BCUT2D eigenvalue weighted by molar-refractivity contribution is -0.362. The first-order chi connectivity index (χ1) is 11.7. The van der Waals surface area contributed by atoms with Gasteiger partial charge >= 0.3 is 5.95 Å². The van der Waals surface area contributed by atoms with E-state index in [4.69, 9.17) is 10.8 Å². The molecular formula is C17H22N5O2+. The number of aromatic amines is 2. The highest BCUT2D eigenvalue weighted by Gasteiger charge is 2.17. The Morgan fingerprint density at radius 2 is 2.04 bits per heavy atom. The van der Waals surface area contributed by atoms with E-state index < -0.39 is 6.10 Å². The molecule has 6 N–H and O–H groups in total. The zero-order valence-electron chi connectivity index (χ0n) is 13.3. The summed E-state index contributed by atoms with van der Waals surface area (Å²) in [4.78, 5) is 12.5. The van der Waals surface area contributed by atoms with E-state index in [1.54, 1.807) is 6.20 Å². The Morgan fingerprint density at radius 1 is 1.25 bits per heavy atom. The number of nitrogens with one attached hydrogen (secondary N) is 2. The molecule has 0 radical (unpaired) electrons. The van der Waals surface area contributed by atoms with Gasteiger partial charge in [0, 0.05) is 31.4 Å². The molecule has 0 bridgehead atoms. The Kier molecular flexibility index (Phi) is 5.05. The van der Waals surface area contributed by atoms with Crippen LogP contribution in [0.5, 0.6) is 0 Å². The van der Waals surface area contributed by atoms with Crippen molar-refractivity contribution in [2.45, 2.75) is 19.2 Å². The van der Waals surface area contributed by atoms with E-state index in [1.807, 2.05) is 36.5 Å². The largest absolute Gasteiger partial charge is 0.394 e. The van der Waals surface area contributed by atoms with Gasteiger partial charge in [0.05, 0.1) is 18.9 Å². The van der Waals surface area contributed by atoms with Crippen LogP contribution in [0.2, 0.25) is 0 Å². The van der Waals surface area contributed by atoms with Gasteiger partial charge in [-0.3, -0.25) is 10.6 Å². The van der Waals surface area contributed by atoms with Crippen LogP contribution < -0.4 is 10.7 Å². The zero-order chi connectivity index (χ0) is 16.9. The molecule has 7 nitrogen and oxygen atoms in total. The van der Waals surface area contributed by atoms with E-state index in [0.717, 1.165) is 22.2 Å². The molecule has 3 aromatic rings. The molecular weight excluding hydrogens is 306 g/mol. The summed E-state index contributed by atoms with van der Waals surface area (Å²) < 4.78 is 0. The monoisotopic (exact) mass is 328 g/mol. The van der Waals surface area contributed by atoms with Crippen molar-refractivity contribution in [1.82, 2.24) is 14.9 Å². The molecule has 0 aliphatic rings. The van der Waals surface area contributed by atoms with Crippen LogP contribution >= 0.6 is 0 Å². The number of aromatic nitrogens is 3. The van der Waals surface area contributed by atoms with E-state index in [1.165, 1.54) is 0 Å². The summed E-state index contributed by atoms with van der Waals surface area (Å²) in [6.07, 6.45) is 2.89. The third-order valence-electron chi connectivity index (χ3n) is 3.88. The zero-order valence-corrected chi connectivity index (χ0v) is 13.3. The Bertz CT molecular complexity index is 790. The average molecular weight is 328 g/mol. The van der Waals surface area contributed by atoms with Gasteiger partial charge < -0.3 is 15.2 Å². The smallest absolute Gasteiger partial charge is 0.387 e. The van der Waals surface area contributed by atoms with Crippen molar-refractivity contribution in [1.29, 1.82) is 0 Å². The second kappa shape index (κ2) is 7.39. The van der Waals surface area contributed by atoms with Crippen molar-refractivity contribution in [3.05, 3.63) is 53.9 Å². The average Bonchev–Trinajstić information content (AvgIpc) is 2.97. The van der Waals surface area contributed by atoms with E-state index in [9.17, 15) is 5.11 Å². The normalized spacial score (nSPS) is 12.8. The first kappa shape index (κ1) is 16.4. The highest BCUT2D eigenvalue weighted by Crippen LogP contribution is 2.18. The first-order valence-corrected chi connectivity index (χ1v) is 7.85. The van der Waals surface area contributed by atoms with E-state index >= 15 is 0 Å². The second-order valence-corrected chi connectivity index (χ2v) is 5.85. The number of aliphatic hydroxyl groups is 2. The topological polar surface area (TPSA) is 113 Å². The number of aliphatic hydroxyl groups excluding tert-OH is 2. The first-order valence-electron chi connectivity index (χ1n) is 7.85. The second-order valence-electron chi connectivity index (χ2n) is 5.85. The fraction of sp³-hybridized carbons (Fsp3) is 0.294. The van der Waals surface area contributed by atoms with Crippen molar-refractivity contribution in [2.75, 3.05) is 18.9 Å². The van der Waals surface area contributed by atoms with Crippen molar-refractivity contribution in [3.8, 4) is 0 Å². The van der Waals surface area contributed by atoms with Gasteiger partial charge in [0.2, 0.25) is 0 Å². The molecule has 2 heterocycles. The van der Waals surface area contributed by atoms with E-state index in [0.29, 0.717) is 25.6 Å². The van der Waals surface area contributed by atoms with Crippen LogP contribution in [-0.4, -0.2) is 44.3 Å². The fourth-order valence-corrected chi connectivity index (χ4v) is 2.76. The van der Waals surface area contributed by atoms with Gasteiger partial charge in [-0.25, -0.2) is 4.98 Å². The number of hydrogen-bond donors (Lipinski definition) is 4. The number of H-pyrrole nitrogens is 2. The molecule has 1 atom stereocenters. The molecule has 24 heavy (non-hydrogen) atoms.